The molecule has 176 valence electrons. The van der Waals surface area contributed by atoms with E-state index in [0.29, 0.717) is 0 Å². The summed E-state index contributed by atoms with van der Waals surface area (Å²) in [5, 5.41) is 25.1. The quantitative estimate of drug-likeness (QED) is 0.168. The fourth-order valence-corrected chi connectivity index (χ4v) is 2.65. The predicted molar refractivity (Wildman–Crippen MR) is 113 cm³/mol. The molecule has 1 aromatic carbocycles. The maximum Gasteiger partial charge on any atom is 0.328 e. The first-order valence-corrected chi connectivity index (χ1v) is 9.87. The van der Waals surface area contributed by atoms with Crippen LogP contribution in [0.3, 0.4) is 0 Å². The average Bonchev–Trinajstić information content (AvgIpc) is 2.74. The van der Waals surface area contributed by atoms with Crippen molar-refractivity contribution in [3.05, 3.63) is 35.9 Å². The van der Waals surface area contributed by atoms with E-state index in [4.69, 9.17) is 21.7 Å². The Kier molecular flexibility index (Phi) is 10.8. The number of carbonyl (C=O) groups is 5. The zero-order valence-electron chi connectivity index (χ0n) is 17.6. The number of aliphatic hydroxyl groups excluding tert-OH is 1. The van der Waals surface area contributed by atoms with Crippen LogP contribution in [0.4, 0.5) is 0 Å². The topological polar surface area (TPSA) is 214 Å². The smallest absolute Gasteiger partial charge is 0.328 e. The Bertz CT molecular complexity index is 816. The number of aliphatic hydroxyl groups is 1. The second kappa shape index (κ2) is 13.0. The lowest BCUT2D eigenvalue weighted by Gasteiger charge is -2.24. The molecule has 0 aliphatic heterocycles. The second-order valence-corrected chi connectivity index (χ2v) is 7.19. The largest absolute Gasteiger partial charge is 0.480 e. The molecule has 1 aromatic rings. The van der Waals surface area contributed by atoms with Gasteiger partial charge < -0.3 is 37.6 Å². The fraction of sp³-hybridized carbons (Fsp3) is 0.450. The number of carboxylic acids is 1. The van der Waals surface area contributed by atoms with E-state index in [2.05, 4.69) is 16.0 Å². The summed E-state index contributed by atoms with van der Waals surface area (Å²) >= 11 is 0. The normalized spacial score (nSPS) is 14.3. The lowest BCUT2D eigenvalue weighted by Crippen LogP contribution is -2.57. The van der Waals surface area contributed by atoms with E-state index in [-0.39, 0.29) is 19.3 Å². The third kappa shape index (κ3) is 9.10. The number of carbonyl (C=O) groups excluding carboxylic acids is 4. The number of aliphatic carboxylic acids is 1. The van der Waals surface area contributed by atoms with Crippen molar-refractivity contribution in [1.82, 2.24) is 16.0 Å². The summed E-state index contributed by atoms with van der Waals surface area (Å²) in [7, 11) is 0. The Morgan fingerprint density at radius 2 is 1.44 bits per heavy atom. The van der Waals surface area contributed by atoms with E-state index in [0.717, 1.165) is 5.56 Å². The van der Waals surface area contributed by atoms with Crippen LogP contribution >= 0.6 is 0 Å². The van der Waals surface area contributed by atoms with Crippen molar-refractivity contribution < 1.29 is 34.2 Å². The number of hydrogen-bond acceptors (Lipinski definition) is 7. The van der Waals surface area contributed by atoms with Gasteiger partial charge in [0.1, 0.15) is 18.1 Å². The van der Waals surface area contributed by atoms with E-state index in [1.54, 1.807) is 30.3 Å². The van der Waals surface area contributed by atoms with Crippen LogP contribution in [0.5, 0.6) is 0 Å². The molecule has 9 N–H and O–H groups in total. The van der Waals surface area contributed by atoms with Gasteiger partial charge in [-0.05, 0) is 18.9 Å². The first kappa shape index (κ1) is 26.5. The highest BCUT2D eigenvalue weighted by atomic mass is 16.4. The summed E-state index contributed by atoms with van der Waals surface area (Å²) in [5.74, 6) is -4.49. The molecule has 4 atom stereocenters. The van der Waals surface area contributed by atoms with Gasteiger partial charge in [0.2, 0.25) is 23.6 Å². The highest BCUT2D eigenvalue weighted by Crippen LogP contribution is 2.06. The first-order chi connectivity index (χ1) is 15.0. The molecule has 0 saturated heterocycles. The summed E-state index contributed by atoms with van der Waals surface area (Å²) in [6, 6.07) is 3.83. The van der Waals surface area contributed by atoms with Gasteiger partial charge in [-0.1, -0.05) is 30.3 Å². The number of carboxylic acid groups (broad SMARTS) is 1. The zero-order chi connectivity index (χ0) is 24.3. The monoisotopic (exact) mass is 451 g/mol. The van der Waals surface area contributed by atoms with Crippen LogP contribution in [0.15, 0.2) is 30.3 Å². The summed E-state index contributed by atoms with van der Waals surface area (Å²) < 4.78 is 0. The SMILES string of the molecule is CC(N)C(=O)NC(Cc1ccccc1)C(=O)NC(CCC(N)=O)C(=O)NC(CO)C(=O)O. The Balaban J connectivity index is 3.05. The highest BCUT2D eigenvalue weighted by molar-refractivity contribution is 5.94. The summed E-state index contributed by atoms with van der Waals surface area (Å²) in [6.45, 7) is 0.565. The Morgan fingerprint density at radius 3 is 1.94 bits per heavy atom. The van der Waals surface area contributed by atoms with Crippen LogP contribution in [-0.4, -0.2) is 70.6 Å². The number of benzene rings is 1. The standard InChI is InChI=1S/C20H29N5O7/c1-11(21)17(28)24-14(9-12-5-3-2-4-6-12)19(30)23-13(7-8-16(22)27)18(29)25-15(10-26)20(31)32/h2-6,11,13-15,26H,7-10,21H2,1H3,(H2,22,27)(H,23,30)(H,24,28)(H,25,29)(H,31,32). The minimum absolute atomic E-state index is 0.0870. The van der Waals surface area contributed by atoms with Crippen molar-refractivity contribution in [2.45, 2.75) is 50.4 Å². The molecule has 0 fully saturated rings. The number of amides is 4. The molecule has 0 heterocycles. The summed E-state index contributed by atoms with van der Waals surface area (Å²) in [6.07, 6.45) is -0.404. The molecule has 0 aliphatic carbocycles. The molecule has 12 heteroatoms. The van der Waals surface area contributed by atoms with Gasteiger partial charge in [0.15, 0.2) is 0 Å². The Hall–Kier alpha value is -3.51. The summed E-state index contributed by atoms with van der Waals surface area (Å²) in [4.78, 5) is 59.8. The van der Waals surface area contributed by atoms with Crippen molar-refractivity contribution in [3.63, 3.8) is 0 Å². The van der Waals surface area contributed by atoms with E-state index in [9.17, 15) is 24.0 Å². The van der Waals surface area contributed by atoms with Crippen LogP contribution in [0.25, 0.3) is 0 Å². The maximum absolute atomic E-state index is 12.9. The molecule has 0 radical (unpaired) electrons. The third-order valence-electron chi connectivity index (χ3n) is 4.44. The van der Waals surface area contributed by atoms with E-state index in [1.165, 1.54) is 6.92 Å². The Labute approximate surface area is 184 Å². The molecule has 0 spiro atoms. The molecule has 4 amide bonds. The zero-order valence-corrected chi connectivity index (χ0v) is 17.6. The van der Waals surface area contributed by atoms with Gasteiger partial charge in [-0.25, -0.2) is 4.79 Å². The average molecular weight is 451 g/mol. The number of primary amides is 1. The molecule has 0 aromatic heterocycles. The van der Waals surface area contributed by atoms with Gasteiger partial charge in [0, 0.05) is 12.8 Å². The van der Waals surface area contributed by atoms with Crippen molar-refractivity contribution in [1.29, 1.82) is 0 Å². The third-order valence-corrected chi connectivity index (χ3v) is 4.44. The highest BCUT2D eigenvalue weighted by Gasteiger charge is 2.30. The van der Waals surface area contributed by atoms with Gasteiger partial charge in [-0.15, -0.1) is 0 Å². The fourth-order valence-electron chi connectivity index (χ4n) is 2.65. The van der Waals surface area contributed by atoms with Gasteiger partial charge in [0.25, 0.3) is 0 Å². The van der Waals surface area contributed by atoms with Gasteiger partial charge >= 0.3 is 5.97 Å². The van der Waals surface area contributed by atoms with Crippen LogP contribution in [0.2, 0.25) is 0 Å². The van der Waals surface area contributed by atoms with Gasteiger partial charge in [0.05, 0.1) is 12.6 Å². The number of hydrogen-bond donors (Lipinski definition) is 7. The molecule has 12 nitrogen and oxygen atoms in total. The number of nitrogens with one attached hydrogen (secondary N) is 3. The molecule has 4 unspecified atom stereocenters. The minimum Gasteiger partial charge on any atom is -0.480 e. The molecule has 0 saturated carbocycles. The second-order valence-electron chi connectivity index (χ2n) is 7.19. The van der Waals surface area contributed by atoms with Crippen LogP contribution in [0, 0.1) is 0 Å². The minimum atomic E-state index is -1.60. The first-order valence-electron chi connectivity index (χ1n) is 9.87. The molecule has 0 bridgehead atoms. The van der Waals surface area contributed by atoms with Crippen molar-refractivity contribution in [3.8, 4) is 0 Å². The lowest BCUT2D eigenvalue weighted by molar-refractivity contribution is -0.143. The molecule has 32 heavy (non-hydrogen) atoms. The van der Waals surface area contributed by atoms with E-state index >= 15 is 0 Å². The molecular formula is C20H29N5O7. The number of rotatable bonds is 13. The van der Waals surface area contributed by atoms with Gasteiger partial charge in [-0.3, -0.25) is 19.2 Å². The maximum atomic E-state index is 12.9. The van der Waals surface area contributed by atoms with Gasteiger partial charge in [-0.2, -0.15) is 0 Å². The molecular weight excluding hydrogens is 422 g/mol. The molecule has 1 rings (SSSR count). The predicted octanol–water partition coefficient (Wildman–Crippen LogP) is -2.63. The van der Waals surface area contributed by atoms with E-state index in [1.807, 2.05) is 0 Å². The Morgan fingerprint density at radius 1 is 0.906 bits per heavy atom. The van der Waals surface area contributed by atoms with Crippen LogP contribution < -0.4 is 27.4 Å². The van der Waals surface area contributed by atoms with Crippen molar-refractivity contribution >= 4 is 29.6 Å². The van der Waals surface area contributed by atoms with Crippen molar-refractivity contribution in [2.24, 2.45) is 11.5 Å². The van der Waals surface area contributed by atoms with Crippen LogP contribution in [-0.2, 0) is 30.4 Å². The van der Waals surface area contributed by atoms with Crippen LogP contribution in [0.1, 0.15) is 25.3 Å². The number of nitrogens with two attached hydrogens (primary N) is 2. The summed E-state index contributed by atoms with van der Waals surface area (Å²) in [5.41, 5.74) is 11.4. The van der Waals surface area contributed by atoms with E-state index < -0.39 is 60.4 Å². The van der Waals surface area contributed by atoms with Crippen molar-refractivity contribution in [2.75, 3.05) is 6.61 Å². The lowest BCUT2D eigenvalue weighted by atomic mass is 10.0. The molecule has 0 aliphatic rings.